The minimum Gasteiger partial charge on any atom is -0.401 e. The molecule has 1 rings (SSSR count). The maximum absolute atomic E-state index is 10.4. The number of methoxy groups -OCH3 is 1. The molecule has 6 nitrogen and oxygen atoms in total. The van der Waals surface area contributed by atoms with Gasteiger partial charge in [-0.25, -0.2) is 0 Å². The molecule has 0 aromatic carbocycles. The summed E-state index contributed by atoms with van der Waals surface area (Å²) >= 11 is 0. The lowest BCUT2D eigenvalue weighted by Gasteiger charge is -2.03. The van der Waals surface area contributed by atoms with Gasteiger partial charge >= 0.3 is 5.88 Å². The van der Waals surface area contributed by atoms with Gasteiger partial charge in [-0.1, -0.05) is 5.57 Å². The summed E-state index contributed by atoms with van der Waals surface area (Å²) in [4.78, 5) is 9.86. The van der Waals surface area contributed by atoms with Crippen LogP contribution in [0.3, 0.4) is 0 Å². The molecule has 0 bridgehead atoms. The van der Waals surface area contributed by atoms with Crippen molar-refractivity contribution < 1.29 is 14.1 Å². The molecule has 0 amide bonds. The van der Waals surface area contributed by atoms with Gasteiger partial charge in [-0.15, -0.1) is 0 Å². The fourth-order valence-corrected chi connectivity index (χ4v) is 1.27. The molecule has 1 N–H and O–H groups in total. The number of nitrogens with zero attached hydrogens (tertiary/aromatic N) is 1. The van der Waals surface area contributed by atoms with Crippen LogP contribution in [0.25, 0.3) is 6.08 Å². The second-order valence-corrected chi connectivity index (χ2v) is 3.59. The molecule has 0 saturated carbocycles. The number of nitrogens with one attached hydrogen (secondary N) is 1. The van der Waals surface area contributed by atoms with E-state index < -0.39 is 4.92 Å². The Morgan fingerprint density at radius 2 is 2.41 bits per heavy atom. The Hall–Kier alpha value is -1.66. The van der Waals surface area contributed by atoms with Crippen molar-refractivity contribution in [1.29, 1.82) is 0 Å². The van der Waals surface area contributed by atoms with Crippen LogP contribution < -0.4 is 5.32 Å². The van der Waals surface area contributed by atoms with Crippen molar-refractivity contribution in [2.45, 2.75) is 6.92 Å². The number of rotatable bonds is 7. The zero-order valence-corrected chi connectivity index (χ0v) is 9.93. The van der Waals surface area contributed by atoms with E-state index in [9.17, 15) is 10.1 Å². The van der Waals surface area contributed by atoms with E-state index in [4.69, 9.17) is 9.15 Å². The van der Waals surface area contributed by atoms with Crippen LogP contribution in [0, 0.1) is 10.1 Å². The Labute approximate surface area is 99.4 Å². The molecule has 0 saturated heterocycles. The van der Waals surface area contributed by atoms with Gasteiger partial charge in [0.1, 0.15) is 10.7 Å². The van der Waals surface area contributed by atoms with E-state index in [1.165, 1.54) is 6.07 Å². The Balaban J connectivity index is 2.46. The van der Waals surface area contributed by atoms with E-state index >= 15 is 0 Å². The zero-order chi connectivity index (χ0) is 12.7. The normalized spacial score (nSPS) is 11.8. The van der Waals surface area contributed by atoms with E-state index in [2.05, 4.69) is 5.32 Å². The van der Waals surface area contributed by atoms with Gasteiger partial charge < -0.3 is 14.5 Å². The topological polar surface area (TPSA) is 77.5 Å². The van der Waals surface area contributed by atoms with Crippen LogP contribution >= 0.6 is 0 Å². The summed E-state index contributed by atoms with van der Waals surface area (Å²) in [6.45, 7) is 4.03. The Kier molecular flexibility index (Phi) is 5.38. The van der Waals surface area contributed by atoms with Gasteiger partial charge in [0, 0.05) is 20.2 Å². The van der Waals surface area contributed by atoms with E-state index in [0.29, 0.717) is 18.9 Å². The highest BCUT2D eigenvalue weighted by molar-refractivity contribution is 5.48. The summed E-state index contributed by atoms with van der Waals surface area (Å²) in [7, 11) is 1.65. The maximum Gasteiger partial charge on any atom is 0.433 e. The molecular weight excluding hydrogens is 224 g/mol. The van der Waals surface area contributed by atoms with Crippen LogP contribution in [0.5, 0.6) is 0 Å². The highest BCUT2D eigenvalue weighted by atomic mass is 16.6. The van der Waals surface area contributed by atoms with Gasteiger partial charge in [0.05, 0.1) is 12.7 Å². The first-order valence-corrected chi connectivity index (χ1v) is 5.24. The third kappa shape index (κ3) is 4.80. The summed E-state index contributed by atoms with van der Waals surface area (Å²) in [6, 6.07) is 2.92. The van der Waals surface area contributed by atoms with Crippen LogP contribution in [-0.2, 0) is 4.74 Å². The Bertz CT molecular complexity index is 398. The first-order valence-electron chi connectivity index (χ1n) is 5.24. The second-order valence-electron chi connectivity index (χ2n) is 3.59. The first-order chi connectivity index (χ1) is 8.13. The Morgan fingerprint density at radius 1 is 1.65 bits per heavy atom. The molecule has 17 heavy (non-hydrogen) atoms. The molecule has 0 spiro atoms. The highest BCUT2D eigenvalue weighted by Gasteiger charge is 2.10. The lowest BCUT2D eigenvalue weighted by Crippen LogP contribution is -2.20. The van der Waals surface area contributed by atoms with E-state index in [1.807, 2.05) is 6.92 Å². The van der Waals surface area contributed by atoms with Crippen molar-refractivity contribution >= 4 is 12.0 Å². The van der Waals surface area contributed by atoms with Gasteiger partial charge in [-0.05, 0) is 19.1 Å². The third-order valence-corrected chi connectivity index (χ3v) is 2.07. The molecule has 1 heterocycles. The lowest BCUT2D eigenvalue weighted by molar-refractivity contribution is -0.402. The van der Waals surface area contributed by atoms with E-state index in [1.54, 1.807) is 19.3 Å². The van der Waals surface area contributed by atoms with Crippen molar-refractivity contribution in [2.24, 2.45) is 0 Å². The molecule has 1 aromatic rings. The van der Waals surface area contributed by atoms with Crippen molar-refractivity contribution in [3.8, 4) is 0 Å². The SMILES string of the molecule is COCCNCC(C)=Cc1ccc([N+](=O)[O-])o1. The number of ether oxygens (including phenoxy) is 1. The summed E-state index contributed by atoms with van der Waals surface area (Å²) in [5.41, 5.74) is 1.03. The first kappa shape index (κ1) is 13.4. The van der Waals surface area contributed by atoms with Crippen LogP contribution in [0.15, 0.2) is 22.1 Å². The lowest BCUT2D eigenvalue weighted by atomic mass is 10.2. The summed E-state index contributed by atoms with van der Waals surface area (Å²) < 4.78 is 9.91. The smallest absolute Gasteiger partial charge is 0.401 e. The van der Waals surface area contributed by atoms with Crippen LogP contribution in [-0.4, -0.2) is 31.7 Å². The van der Waals surface area contributed by atoms with Gasteiger partial charge in [0.2, 0.25) is 0 Å². The fraction of sp³-hybridized carbons (Fsp3) is 0.455. The molecule has 0 aliphatic heterocycles. The summed E-state index contributed by atoms with van der Waals surface area (Å²) in [5, 5.41) is 13.6. The van der Waals surface area contributed by atoms with E-state index in [-0.39, 0.29) is 5.88 Å². The number of hydrogen-bond donors (Lipinski definition) is 1. The van der Waals surface area contributed by atoms with Gasteiger partial charge in [-0.2, -0.15) is 0 Å². The Morgan fingerprint density at radius 3 is 3.00 bits per heavy atom. The predicted molar refractivity (Wildman–Crippen MR) is 63.8 cm³/mol. The highest BCUT2D eigenvalue weighted by Crippen LogP contribution is 2.17. The van der Waals surface area contributed by atoms with Crippen molar-refractivity contribution in [3.63, 3.8) is 0 Å². The van der Waals surface area contributed by atoms with E-state index in [0.717, 1.165) is 12.1 Å². The summed E-state index contributed by atoms with van der Waals surface area (Å²) in [6.07, 6.45) is 1.77. The molecule has 0 fully saturated rings. The quantitative estimate of drug-likeness (QED) is 0.447. The fourth-order valence-electron chi connectivity index (χ4n) is 1.27. The molecule has 0 radical (unpaired) electrons. The van der Waals surface area contributed by atoms with Crippen molar-refractivity contribution in [1.82, 2.24) is 5.32 Å². The molecule has 1 aromatic heterocycles. The van der Waals surface area contributed by atoms with Gasteiger partial charge in [-0.3, -0.25) is 10.1 Å². The molecule has 6 heteroatoms. The number of hydrogen-bond acceptors (Lipinski definition) is 5. The number of furan rings is 1. The monoisotopic (exact) mass is 240 g/mol. The molecular formula is C11H16N2O4. The van der Waals surface area contributed by atoms with Gasteiger partial charge in [0.25, 0.3) is 0 Å². The average Bonchev–Trinajstić information content (AvgIpc) is 2.73. The minimum absolute atomic E-state index is 0.239. The third-order valence-electron chi connectivity index (χ3n) is 2.07. The minimum atomic E-state index is -0.552. The van der Waals surface area contributed by atoms with Crippen LogP contribution in [0.1, 0.15) is 12.7 Å². The molecule has 0 aliphatic carbocycles. The molecule has 94 valence electrons. The second kappa shape index (κ2) is 6.82. The molecule has 0 aliphatic rings. The molecule has 0 atom stereocenters. The van der Waals surface area contributed by atoms with Crippen molar-refractivity contribution in [3.05, 3.63) is 33.6 Å². The zero-order valence-electron chi connectivity index (χ0n) is 9.93. The van der Waals surface area contributed by atoms with Gasteiger partial charge in [0.15, 0.2) is 0 Å². The maximum atomic E-state index is 10.4. The standard InChI is InChI=1S/C11H16N2O4/c1-9(8-12-5-6-16-2)7-10-3-4-11(17-10)13(14)15/h3-4,7,12H,5-6,8H2,1-2H3. The predicted octanol–water partition coefficient (Wildman–Crippen LogP) is 1.83. The van der Waals surface area contributed by atoms with Crippen LogP contribution in [0.4, 0.5) is 5.88 Å². The summed E-state index contributed by atoms with van der Waals surface area (Å²) in [5.74, 6) is 0.249. The number of nitro groups is 1. The largest absolute Gasteiger partial charge is 0.433 e. The molecule has 0 unspecified atom stereocenters. The average molecular weight is 240 g/mol. The van der Waals surface area contributed by atoms with Crippen molar-refractivity contribution in [2.75, 3.05) is 26.8 Å². The van der Waals surface area contributed by atoms with Crippen LogP contribution in [0.2, 0.25) is 0 Å².